The van der Waals surface area contributed by atoms with E-state index in [1.807, 2.05) is 28.8 Å². The van der Waals surface area contributed by atoms with Crippen LogP contribution in [-0.4, -0.2) is 28.3 Å². The van der Waals surface area contributed by atoms with Crippen molar-refractivity contribution in [3.8, 4) is 5.75 Å². The molecule has 0 unspecified atom stereocenters. The Kier molecular flexibility index (Phi) is 6.24. The lowest BCUT2D eigenvalue weighted by Gasteiger charge is -2.18. The number of aryl methyl sites for hydroxylation is 2. The van der Waals surface area contributed by atoms with Crippen molar-refractivity contribution in [3.05, 3.63) is 45.1 Å². The predicted octanol–water partition coefficient (Wildman–Crippen LogP) is 5.19. The molecular weight excluding hydrogens is 442 g/mol. The molecule has 1 fully saturated rings. The Morgan fingerprint density at radius 3 is 2.81 bits per heavy atom. The molecule has 1 amide bonds. The number of aromatic nitrogens is 2. The molecule has 6 nitrogen and oxygen atoms in total. The number of thiophene rings is 1. The first-order valence-electron chi connectivity index (χ1n) is 11.3. The first kappa shape index (κ1) is 21.5. The molecule has 1 aromatic carbocycles. The summed E-state index contributed by atoms with van der Waals surface area (Å²) in [6, 6.07) is 7.53. The predicted molar refractivity (Wildman–Crippen MR) is 130 cm³/mol. The Bertz CT molecular complexity index is 1210. The zero-order chi connectivity index (χ0) is 22.1. The molecule has 1 saturated carbocycles. The number of ether oxygens (including phenoxy) is 1. The zero-order valence-electron chi connectivity index (χ0n) is 18.2. The Morgan fingerprint density at radius 1 is 1.22 bits per heavy atom. The summed E-state index contributed by atoms with van der Waals surface area (Å²) in [4.78, 5) is 33.5. The number of methoxy groups -OCH3 is 1. The SMILES string of the molecule is COc1ccccc1NC(=O)CSc1nc2sc3c(c2c(=O)n1C1CCCC1)CCCC3. The molecule has 168 valence electrons. The minimum atomic E-state index is -0.141. The van der Waals surface area contributed by atoms with Gasteiger partial charge >= 0.3 is 0 Å². The average molecular weight is 470 g/mol. The number of carbonyl (C=O) groups excluding carboxylic acids is 1. The number of anilines is 1. The van der Waals surface area contributed by atoms with E-state index in [-0.39, 0.29) is 23.3 Å². The fraction of sp³-hybridized carbons (Fsp3) is 0.458. The van der Waals surface area contributed by atoms with E-state index in [1.54, 1.807) is 18.4 Å². The monoisotopic (exact) mass is 469 g/mol. The van der Waals surface area contributed by atoms with Gasteiger partial charge in [-0.05, 0) is 56.2 Å². The highest BCUT2D eigenvalue weighted by Gasteiger charge is 2.27. The number of amides is 1. The topological polar surface area (TPSA) is 73.2 Å². The van der Waals surface area contributed by atoms with Crippen molar-refractivity contribution in [2.24, 2.45) is 0 Å². The second kappa shape index (κ2) is 9.27. The van der Waals surface area contributed by atoms with Gasteiger partial charge in [0.1, 0.15) is 10.6 Å². The summed E-state index contributed by atoms with van der Waals surface area (Å²) < 4.78 is 7.22. The van der Waals surface area contributed by atoms with E-state index in [2.05, 4.69) is 5.32 Å². The van der Waals surface area contributed by atoms with E-state index in [0.717, 1.165) is 55.2 Å². The first-order chi connectivity index (χ1) is 15.7. The van der Waals surface area contributed by atoms with Crippen LogP contribution in [0.5, 0.6) is 5.75 Å². The maximum atomic E-state index is 13.7. The maximum Gasteiger partial charge on any atom is 0.263 e. The summed E-state index contributed by atoms with van der Waals surface area (Å²) in [7, 11) is 1.58. The molecule has 2 aliphatic carbocycles. The van der Waals surface area contributed by atoms with E-state index in [4.69, 9.17) is 9.72 Å². The van der Waals surface area contributed by atoms with Gasteiger partial charge in [0, 0.05) is 10.9 Å². The van der Waals surface area contributed by atoms with Crippen LogP contribution >= 0.6 is 23.1 Å². The molecule has 5 rings (SSSR count). The van der Waals surface area contributed by atoms with E-state index in [0.29, 0.717) is 16.6 Å². The van der Waals surface area contributed by atoms with E-state index >= 15 is 0 Å². The number of nitrogens with one attached hydrogen (secondary N) is 1. The van der Waals surface area contributed by atoms with Gasteiger partial charge in [0.25, 0.3) is 5.56 Å². The summed E-state index contributed by atoms with van der Waals surface area (Å²) in [5.41, 5.74) is 1.96. The lowest BCUT2D eigenvalue weighted by molar-refractivity contribution is -0.113. The van der Waals surface area contributed by atoms with E-state index < -0.39 is 0 Å². The number of nitrogens with zero attached hydrogens (tertiary/aromatic N) is 2. The van der Waals surface area contributed by atoms with Crippen LogP contribution in [0.4, 0.5) is 5.69 Å². The van der Waals surface area contributed by atoms with Gasteiger partial charge in [0.15, 0.2) is 5.16 Å². The second-order valence-corrected chi connectivity index (χ2v) is 10.5. The van der Waals surface area contributed by atoms with Gasteiger partial charge in [-0.3, -0.25) is 14.2 Å². The van der Waals surface area contributed by atoms with Crippen LogP contribution in [0.25, 0.3) is 10.2 Å². The van der Waals surface area contributed by atoms with Crippen LogP contribution in [-0.2, 0) is 17.6 Å². The third-order valence-electron chi connectivity index (χ3n) is 6.39. The van der Waals surface area contributed by atoms with Gasteiger partial charge in [-0.1, -0.05) is 36.7 Å². The summed E-state index contributed by atoms with van der Waals surface area (Å²) in [6.07, 6.45) is 8.61. The summed E-state index contributed by atoms with van der Waals surface area (Å²) in [5, 5.41) is 4.42. The van der Waals surface area contributed by atoms with Crippen LogP contribution in [0.3, 0.4) is 0 Å². The van der Waals surface area contributed by atoms with Crippen LogP contribution in [0, 0.1) is 0 Å². The van der Waals surface area contributed by atoms with Gasteiger partial charge in [0.2, 0.25) is 5.91 Å². The van der Waals surface area contributed by atoms with Gasteiger partial charge in [-0.25, -0.2) is 4.98 Å². The largest absolute Gasteiger partial charge is 0.495 e. The van der Waals surface area contributed by atoms with E-state index in [9.17, 15) is 9.59 Å². The third kappa shape index (κ3) is 4.06. The Morgan fingerprint density at radius 2 is 2.00 bits per heavy atom. The Balaban J connectivity index is 1.45. The summed E-state index contributed by atoms with van der Waals surface area (Å²) in [6.45, 7) is 0. The number of benzene rings is 1. The average Bonchev–Trinajstić information content (AvgIpc) is 3.46. The molecule has 8 heteroatoms. The number of hydrogen-bond donors (Lipinski definition) is 1. The smallest absolute Gasteiger partial charge is 0.263 e. The third-order valence-corrected chi connectivity index (χ3v) is 8.53. The molecule has 0 spiro atoms. The molecule has 0 bridgehead atoms. The Labute approximate surface area is 195 Å². The molecule has 32 heavy (non-hydrogen) atoms. The van der Waals surface area contributed by atoms with Crippen molar-refractivity contribution in [2.75, 3.05) is 18.2 Å². The molecule has 0 aliphatic heterocycles. The van der Waals surface area contributed by atoms with Crippen molar-refractivity contribution >= 4 is 44.9 Å². The number of carbonyl (C=O) groups is 1. The van der Waals surface area contributed by atoms with E-state index in [1.165, 1.54) is 28.6 Å². The Hall–Kier alpha value is -2.32. The molecule has 2 aliphatic rings. The second-order valence-electron chi connectivity index (χ2n) is 8.44. The van der Waals surface area contributed by atoms with Crippen LogP contribution < -0.4 is 15.6 Å². The van der Waals surface area contributed by atoms with Crippen LogP contribution in [0.2, 0.25) is 0 Å². The first-order valence-corrected chi connectivity index (χ1v) is 13.1. The molecule has 0 radical (unpaired) electrons. The van der Waals surface area contributed by atoms with Gasteiger partial charge in [0.05, 0.1) is 23.9 Å². The lowest BCUT2D eigenvalue weighted by atomic mass is 9.97. The minimum Gasteiger partial charge on any atom is -0.495 e. The van der Waals surface area contributed by atoms with Gasteiger partial charge < -0.3 is 10.1 Å². The molecule has 2 aromatic heterocycles. The number of para-hydroxylation sites is 2. The van der Waals surface area contributed by atoms with Crippen LogP contribution in [0.1, 0.15) is 55.0 Å². The molecule has 0 atom stereocenters. The van der Waals surface area contributed by atoms with Gasteiger partial charge in [-0.15, -0.1) is 11.3 Å². The van der Waals surface area contributed by atoms with Gasteiger partial charge in [-0.2, -0.15) is 0 Å². The highest BCUT2D eigenvalue weighted by Crippen LogP contribution is 2.37. The standard InChI is InChI=1S/C24H27N3O3S2/c1-30-18-12-6-5-11-17(18)25-20(28)14-31-24-26-22-21(16-10-4-7-13-19(16)32-22)23(29)27(24)15-8-2-3-9-15/h5-6,11-12,15H,2-4,7-10,13-14H2,1H3,(H,25,28). The fourth-order valence-corrected chi connectivity index (χ4v) is 7.02. The number of rotatable bonds is 6. The maximum absolute atomic E-state index is 13.7. The summed E-state index contributed by atoms with van der Waals surface area (Å²) in [5.74, 6) is 0.670. The highest BCUT2D eigenvalue weighted by molar-refractivity contribution is 7.99. The summed E-state index contributed by atoms with van der Waals surface area (Å²) >= 11 is 3.02. The van der Waals surface area contributed by atoms with Crippen molar-refractivity contribution in [3.63, 3.8) is 0 Å². The lowest BCUT2D eigenvalue weighted by Crippen LogP contribution is -2.27. The molecule has 3 aromatic rings. The molecule has 2 heterocycles. The molecule has 0 saturated heterocycles. The zero-order valence-corrected chi connectivity index (χ0v) is 19.8. The van der Waals surface area contributed by atoms with Crippen molar-refractivity contribution < 1.29 is 9.53 Å². The fourth-order valence-electron chi connectivity index (χ4n) is 4.85. The quantitative estimate of drug-likeness (QED) is 0.397. The molecular formula is C24H27N3O3S2. The highest BCUT2D eigenvalue weighted by atomic mass is 32.2. The molecule has 1 N–H and O–H groups in total. The number of fused-ring (bicyclic) bond motifs is 3. The number of thioether (sulfide) groups is 1. The normalized spacial score (nSPS) is 16.3. The van der Waals surface area contributed by atoms with Crippen molar-refractivity contribution in [2.45, 2.75) is 62.6 Å². The van der Waals surface area contributed by atoms with Crippen molar-refractivity contribution in [1.82, 2.24) is 9.55 Å². The van der Waals surface area contributed by atoms with Crippen LogP contribution in [0.15, 0.2) is 34.2 Å². The van der Waals surface area contributed by atoms with Crippen molar-refractivity contribution in [1.29, 1.82) is 0 Å². The minimum absolute atomic E-state index is 0.0916. The number of hydrogen-bond acceptors (Lipinski definition) is 6.